The van der Waals surface area contributed by atoms with Crippen molar-refractivity contribution in [2.75, 3.05) is 13.7 Å². The zero-order valence-electron chi connectivity index (χ0n) is 13.3. The number of hydrogen-bond donors (Lipinski definition) is 3. The molecule has 0 radical (unpaired) electrons. The molecular formula is C15H28O7. The van der Waals surface area contributed by atoms with Gasteiger partial charge in [0.05, 0.1) is 0 Å². The third kappa shape index (κ3) is 5.81. The van der Waals surface area contributed by atoms with E-state index in [2.05, 4.69) is 6.92 Å². The number of aliphatic hydroxyl groups excluding tert-OH is 3. The summed E-state index contributed by atoms with van der Waals surface area (Å²) in [6.45, 7) is 1.95. The van der Waals surface area contributed by atoms with Gasteiger partial charge in [-0.05, 0) is 6.42 Å². The third-order valence-corrected chi connectivity index (χ3v) is 3.79. The molecule has 130 valence electrons. The summed E-state index contributed by atoms with van der Waals surface area (Å²) in [5, 5.41) is 29.2. The summed E-state index contributed by atoms with van der Waals surface area (Å²) in [4.78, 5) is 11.6. The molecule has 1 aliphatic rings. The van der Waals surface area contributed by atoms with E-state index >= 15 is 0 Å². The minimum absolute atomic E-state index is 0.182. The monoisotopic (exact) mass is 320 g/mol. The smallest absolute Gasteiger partial charge is 0.305 e. The molecule has 0 aromatic carbocycles. The van der Waals surface area contributed by atoms with Crippen LogP contribution in [-0.2, 0) is 19.0 Å². The molecule has 0 aliphatic carbocycles. The molecule has 5 atom stereocenters. The van der Waals surface area contributed by atoms with Crippen LogP contribution in [0, 0.1) is 0 Å². The van der Waals surface area contributed by atoms with E-state index in [1.54, 1.807) is 0 Å². The Balaban J connectivity index is 2.29. The fourth-order valence-electron chi connectivity index (χ4n) is 2.37. The van der Waals surface area contributed by atoms with E-state index in [1.807, 2.05) is 0 Å². The maximum absolute atomic E-state index is 11.6. The summed E-state index contributed by atoms with van der Waals surface area (Å²) in [7, 11) is 1.32. The van der Waals surface area contributed by atoms with Gasteiger partial charge in [0.25, 0.3) is 0 Å². The van der Waals surface area contributed by atoms with Crippen LogP contribution in [0.4, 0.5) is 0 Å². The first kappa shape index (κ1) is 19.3. The molecule has 1 heterocycles. The van der Waals surface area contributed by atoms with Crippen LogP contribution in [0.3, 0.4) is 0 Å². The van der Waals surface area contributed by atoms with Gasteiger partial charge in [-0.25, -0.2) is 0 Å². The van der Waals surface area contributed by atoms with Crippen molar-refractivity contribution in [1.82, 2.24) is 0 Å². The van der Waals surface area contributed by atoms with Crippen molar-refractivity contribution in [3.8, 4) is 0 Å². The number of ether oxygens (including phenoxy) is 3. The van der Waals surface area contributed by atoms with Gasteiger partial charge in [-0.1, -0.05) is 32.6 Å². The number of carbonyl (C=O) groups is 1. The lowest BCUT2D eigenvalue weighted by atomic mass is 9.99. The Morgan fingerprint density at radius 2 is 1.73 bits per heavy atom. The van der Waals surface area contributed by atoms with Crippen LogP contribution in [0.15, 0.2) is 0 Å². The first-order chi connectivity index (χ1) is 10.5. The van der Waals surface area contributed by atoms with Gasteiger partial charge in [0.1, 0.15) is 31.0 Å². The second-order valence-corrected chi connectivity index (χ2v) is 5.60. The molecule has 1 fully saturated rings. The minimum atomic E-state index is -1.41. The predicted octanol–water partition coefficient (Wildman–Crippen LogP) is 0.344. The van der Waals surface area contributed by atoms with Crippen molar-refractivity contribution in [3.63, 3.8) is 0 Å². The number of hydrogen-bond acceptors (Lipinski definition) is 7. The molecule has 7 heteroatoms. The number of methoxy groups -OCH3 is 1. The minimum Gasteiger partial charge on any atom is -0.463 e. The Morgan fingerprint density at radius 1 is 1.05 bits per heavy atom. The van der Waals surface area contributed by atoms with Gasteiger partial charge < -0.3 is 29.5 Å². The average Bonchev–Trinajstić information content (AvgIpc) is 2.52. The van der Waals surface area contributed by atoms with E-state index in [4.69, 9.17) is 14.2 Å². The molecule has 1 aliphatic heterocycles. The molecule has 22 heavy (non-hydrogen) atoms. The summed E-state index contributed by atoms with van der Waals surface area (Å²) in [5.74, 6) is -0.359. The normalized spacial score (nSPS) is 32.0. The molecule has 3 N–H and O–H groups in total. The Bertz CT molecular complexity index is 321. The zero-order chi connectivity index (χ0) is 16.5. The van der Waals surface area contributed by atoms with Crippen LogP contribution in [0.2, 0.25) is 0 Å². The maximum atomic E-state index is 11.6. The second-order valence-electron chi connectivity index (χ2n) is 5.60. The van der Waals surface area contributed by atoms with E-state index in [-0.39, 0.29) is 12.6 Å². The third-order valence-electron chi connectivity index (χ3n) is 3.79. The fraction of sp³-hybridized carbons (Fsp3) is 0.933. The van der Waals surface area contributed by atoms with Crippen LogP contribution in [-0.4, -0.2) is 65.7 Å². The van der Waals surface area contributed by atoms with E-state index < -0.39 is 30.7 Å². The lowest BCUT2D eigenvalue weighted by molar-refractivity contribution is -0.295. The summed E-state index contributed by atoms with van der Waals surface area (Å²) in [6, 6.07) is 0. The zero-order valence-corrected chi connectivity index (χ0v) is 13.3. The van der Waals surface area contributed by atoms with E-state index in [0.29, 0.717) is 6.42 Å². The van der Waals surface area contributed by atoms with Crippen LogP contribution < -0.4 is 0 Å². The van der Waals surface area contributed by atoms with Crippen molar-refractivity contribution in [2.24, 2.45) is 0 Å². The largest absolute Gasteiger partial charge is 0.463 e. The Hall–Kier alpha value is -0.730. The number of unbranched alkanes of at least 4 members (excludes halogenated alkanes) is 4. The van der Waals surface area contributed by atoms with Crippen LogP contribution in [0.25, 0.3) is 0 Å². The number of rotatable bonds is 9. The molecule has 0 saturated carbocycles. The molecule has 0 amide bonds. The lowest BCUT2D eigenvalue weighted by Gasteiger charge is -2.39. The Labute approximate surface area is 131 Å². The van der Waals surface area contributed by atoms with Gasteiger partial charge in [0.2, 0.25) is 0 Å². The molecule has 0 spiro atoms. The predicted molar refractivity (Wildman–Crippen MR) is 78.0 cm³/mol. The quantitative estimate of drug-likeness (QED) is 0.415. The molecule has 0 unspecified atom stereocenters. The molecule has 1 saturated heterocycles. The molecule has 0 aromatic rings. The summed E-state index contributed by atoms with van der Waals surface area (Å²) >= 11 is 0. The molecule has 1 rings (SSSR count). The second kappa shape index (κ2) is 10.1. The highest BCUT2D eigenvalue weighted by Crippen LogP contribution is 2.22. The van der Waals surface area contributed by atoms with Crippen molar-refractivity contribution < 1.29 is 34.3 Å². The number of carbonyl (C=O) groups excluding carboxylic acids is 1. The van der Waals surface area contributed by atoms with E-state index in [9.17, 15) is 20.1 Å². The van der Waals surface area contributed by atoms with Crippen LogP contribution >= 0.6 is 0 Å². The number of esters is 1. The fourth-order valence-corrected chi connectivity index (χ4v) is 2.37. The van der Waals surface area contributed by atoms with Gasteiger partial charge in [-0.15, -0.1) is 0 Å². The Kier molecular flexibility index (Phi) is 8.89. The Morgan fingerprint density at radius 3 is 2.36 bits per heavy atom. The highest BCUT2D eigenvalue weighted by molar-refractivity contribution is 5.69. The van der Waals surface area contributed by atoms with Crippen LogP contribution in [0.1, 0.15) is 45.4 Å². The first-order valence-corrected chi connectivity index (χ1v) is 7.89. The standard InChI is InChI=1S/C15H28O7/c1-3-4-5-6-7-8-11(16)21-9-10-12(17)13(18)14(19)15(20-2)22-10/h10,12-15,17-19H,3-9H2,1-2H3/t10-,12-,13+,14-,15-/m1/s1. The van der Waals surface area contributed by atoms with Gasteiger partial charge in [0.15, 0.2) is 6.29 Å². The van der Waals surface area contributed by atoms with E-state index in [0.717, 1.165) is 32.1 Å². The topological polar surface area (TPSA) is 105 Å². The van der Waals surface area contributed by atoms with Crippen LogP contribution in [0.5, 0.6) is 0 Å². The number of aliphatic hydroxyl groups is 3. The molecular weight excluding hydrogens is 292 g/mol. The summed E-state index contributed by atoms with van der Waals surface area (Å²) < 4.78 is 15.2. The average molecular weight is 320 g/mol. The van der Waals surface area contributed by atoms with Crippen molar-refractivity contribution in [1.29, 1.82) is 0 Å². The molecule has 0 bridgehead atoms. The van der Waals surface area contributed by atoms with Gasteiger partial charge >= 0.3 is 5.97 Å². The first-order valence-electron chi connectivity index (χ1n) is 7.89. The highest BCUT2D eigenvalue weighted by atomic mass is 16.7. The maximum Gasteiger partial charge on any atom is 0.305 e. The van der Waals surface area contributed by atoms with Gasteiger partial charge in [-0.3, -0.25) is 4.79 Å². The van der Waals surface area contributed by atoms with Gasteiger partial charge in [-0.2, -0.15) is 0 Å². The highest BCUT2D eigenvalue weighted by Gasteiger charge is 2.44. The van der Waals surface area contributed by atoms with E-state index in [1.165, 1.54) is 7.11 Å². The lowest BCUT2D eigenvalue weighted by Crippen LogP contribution is -2.59. The molecule has 0 aromatic heterocycles. The molecule has 7 nitrogen and oxygen atoms in total. The van der Waals surface area contributed by atoms with Crippen molar-refractivity contribution in [2.45, 2.75) is 76.2 Å². The van der Waals surface area contributed by atoms with Gasteiger partial charge in [0, 0.05) is 13.5 Å². The SMILES string of the molecule is CCCCCCCC(=O)OC[C@H]1O[C@@H](OC)[C@H](O)[C@@H](O)[C@@H]1O. The summed E-state index contributed by atoms with van der Waals surface area (Å²) in [5.41, 5.74) is 0. The van der Waals surface area contributed by atoms with Crippen molar-refractivity contribution >= 4 is 5.97 Å². The van der Waals surface area contributed by atoms with Crippen molar-refractivity contribution in [3.05, 3.63) is 0 Å². The summed E-state index contributed by atoms with van der Waals surface area (Å²) in [6.07, 6.45) is -0.563.